The fourth-order valence-electron chi connectivity index (χ4n) is 1.25. The number of rotatable bonds is 6. The van der Waals surface area contributed by atoms with E-state index in [1.54, 1.807) is 12.1 Å². The van der Waals surface area contributed by atoms with E-state index in [1.165, 1.54) is 0 Å². The topological polar surface area (TPSA) is 35.5 Å². The van der Waals surface area contributed by atoms with Crippen molar-refractivity contribution in [3.05, 3.63) is 35.9 Å². The van der Waals surface area contributed by atoms with Crippen LogP contribution in [-0.2, 0) is 9.47 Å². The highest BCUT2D eigenvalue weighted by Crippen LogP contribution is 2.04. The zero-order valence-electron chi connectivity index (χ0n) is 9.81. The fourth-order valence-corrected chi connectivity index (χ4v) is 1.25. The third kappa shape index (κ3) is 4.45. The van der Waals surface area contributed by atoms with Crippen LogP contribution in [0.1, 0.15) is 30.6 Å². The second-order valence-corrected chi connectivity index (χ2v) is 3.66. The maximum absolute atomic E-state index is 11.6. The van der Waals surface area contributed by atoms with Crippen molar-refractivity contribution in [3.63, 3.8) is 0 Å². The van der Waals surface area contributed by atoms with Gasteiger partial charge in [-0.15, -0.1) is 0 Å². The van der Waals surface area contributed by atoms with E-state index < -0.39 is 0 Å². The molecule has 1 rings (SSSR count). The van der Waals surface area contributed by atoms with Crippen molar-refractivity contribution in [1.82, 2.24) is 0 Å². The number of esters is 1. The van der Waals surface area contributed by atoms with Crippen molar-refractivity contribution in [3.8, 4) is 0 Å². The molecule has 0 aromatic heterocycles. The molecule has 0 amide bonds. The van der Waals surface area contributed by atoms with Crippen LogP contribution in [0.5, 0.6) is 0 Å². The van der Waals surface area contributed by atoms with Gasteiger partial charge in [0.2, 0.25) is 0 Å². The molecule has 0 spiro atoms. The lowest BCUT2D eigenvalue weighted by Gasteiger charge is -2.13. The van der Waals surface area contributed by atoms with E-state index in [2.05, 4.69) is 0 Å². The first-order valence-corrected chi connectivity index (χ1v) is 5.57. The lowest BCUT2D eigenvalue weighted by Crippen LogP contribution is -2.20. The van der Waals surface area contributed by atoms with Crippen LogP contribution in [0.25, 0.3) is 0 Å². The Labute approximate surface area is 96.4 Å². The summed E-state index contributed by atoms with van der Waals surface area (Å²) in [5, 5.41) is 0. The molecule has 1 aromatic carbocycles. The quantitative estimate of drug-likeness (QED) is 0.548. The molecule has 1 aromatic rings. The molecule has 0 N–H and O–H groups in total. The molecule has 0 fully saturated rings. The van der Waals surface area contributed by atoms with Crippen LogP contribution in [0, 0.1) is 0 Å². The van der Waals surface area contributed by atoms with E-state index in [0.29, 0.717) is 18.8 Å². The van der Waals surface area contributed by atoms with Crippen LogP contribution in [0.2, 0.25) is 0 Å². The molecule has 3 heteroatoms. The molecular weight excluding hydrogens is 204 g/mol. The summed E-state index contributed by atoms with van der Waals surface area (Å²) in [5.41, 5.74) is 0.574. The van der Waals surface area contributed by atoms with Gasteiger partial charge in [-0.1, -0.05) is 25.1 Å². The smallest absolute Gasteiger partial charge is 0.338 e. The lowest BCUT2D eigenvalue weighted by molar-refractivity contribution is 0.00226. The Morgan fingerprint density at radius 3 is 2.62 bits per heavy atom. The van der Waals surface area contributed by atoms with Crippen LogP contribution >= 0.6 is 0 Å². The Kier molecular flexibility index (Phi) is 5.57. The number of benzene rings is 1. The average molecular weight is 222 g/mol. The molecule has 0 radical (unpaired) electrons. The highest BCUT2D eigenvalue weighted by Gasteiger charge is 2.11. The molecule has 0 aliphatic rings. The third-order valence-electron chi connectivity index (χ3n) is 2.02. The molecular formula is C13H18O3. The van der Waals surface area contributed by atoms with Crippen molar-refractivity contribution in [2.75, 3.05) is 13.2 Å². The van der Waals surface area contributed by atoms with E-state index >= 15 is 0 Å². The van der Waals surface area contributed by atoms with Crippen LogP contribution < -0.4 is 0 Å². The molecule has 0 unspecified atom stereocenters. The van der Waals surface area contributed by atoms with E-state index in [9.17, 15) is 4.79 Å². The molecule has 0 aliphatic carbocycles. The van der Waals surface area contributed by atoms with Crippen LogP contribution in [0.15, 0.2) is 30.3 Å². The van der Waals surface area contributed by atoms with E-state index in [4.69, 9.17) is 9.47 Å². The predicted octanol–water partition coefficient (Wildman–Crippen LogP) is 2.66. The zero-order chi connectivity index (χ0) is 11.8. The molecule has 88 valence electrons. The number of ether oxygens (including phenoxy) is 2. The van der Waals surface area contributed by atoms with Gasteiger partial charge in [-0.05, 0) is 25.5 Å². The Balaban J connectivity index is 2.34. The lowest BCUT2D eigenvalue weighted by atomic mass is 10.2. The Bertz CT molecular complexity index is 308. The summed E-state index contributed by atoms with van der Waals surface area (Å²) in [6.07, 6.45) is 0.763. The van der Waals surface area contributed by atoms with Gasteiger partial charge in [0.15, 0.2) is 0 Å². The monoisotopic (exact) mass is 222 g/mol. The predicted molar refractivity (Wildman–Crippen MR) is 62.4 cm³/mol. The summed E-state index contributed by atoms with van der Waals surface area (Å²) < 4.78 is 10.5. The number of carbonyl (C=O) groups excluding carboxylic acids is 1. The van der Waals surface area contributed by atoms with Gasteiger partial charge in [0.25, 0.3) is 0 Å². The highest BCUT2D eigenvalue weighted by atomic mass is 16.6. The van der Waals surface area contributed by atoms with Crippen LogP contribution in [0.3, 0.4) is 0 Å². The van der Waals surface area contributed by atoms with Gasteiger partial charge in [0, 0.05) is 6.61 Å². The molecule has 16 heavy (non-hydrogen) atoms. The first kappa shape index (κ1) is 12.7. The number of carbonyl (C=O) groups is 1. The fraction of sp³-hybridized carbons (Fsp3) is 0.462. The molecule has 0 heterocycles. The summed E-state index contributed by atoms with van der Waals surface area (Å²) in [4.78, 5) is 11.6. The van der Waals surface area contributed by atoms with E-state index in [0.717, 1.165) is 6.42 Å². The molecule has 0 aliphatic heterocycles. The van der Waals surface area contributed by atoms with Gasteiger partial charge >= 0.3 is 5.97 Å². The second kappa shape index (κ2) is 7.01. The minimum Gasteiger partial charge on any atom is -0.457 e. The third-order valence-corrected chi connectivity index (χ3v) is 2.02. The first-order valence-electron chi connectivity index (χ1n) is 5.57. The van der Waals surface area contributed by atoms with Crippen molar-refractivity contribution < 1.29 is 14.3 Å². The standard InChI is InChI=1S/C13H18O3/c1-3-9-15-10-11(2)16-13(14)12-7-5-4-6-8-12/h4-8,11H,3,9-10H2,1-2H3/t11-/m1/s1. The highest BCUT2D eigenvalue weighted by molar-refractivity contribution is 5.89. The largest absolute Gasteiger partial charge is 0.457 e. The van der Waals surface area contributed by atoms with Crippen LogP contribution in [-0.4, -0.2) is 25.3 Å². The van der Waals surface area contributed by atoms with Gasteiger partial charge in [-0.25, -0.2) is 4.79 Å². The van der Waals surface area contributed by atoms with Crippen molar-refractivity contribution in [1.29, 1.82) is 0 Å². The summed E-state index contributed by atoms with van der Waals surface area (Å²) in [7, 11) is 0. The molecule has 3 nitrogen and oxygen atoms in total. The van der Waals surface area contributed by atoms with Gasteiger partial charge < -0.3 is 9.47 Å². The summed E-state index contributed by atoms with van der Waals surface area (Å²) in [5.74, 6) is -0.298. The second-order valence-electron chi connectivity index (χ2n) is 3.66. The van der Waals surface area contributed by atoms with Gasteiger partial charge in [-0.2, -0.15) is 0 Å². The Morgan fingerprint density at radius 2 is 2.00 bits per heavy atom. The minimum absolute atomic E-state index is 0.209. The van der Waals surface area contributed by atoms with Crippen molar-refractivity contribution in [2.45, 2.75) is 26.4 Å². The molecule has 0 saturated carbocycles. The minimum atomic E-state index is -0.298. The van der Waals surface area contributed by atoms with Crippen molar-refractivity contribution >= 4 is 5.97 Å². The summed E-state index contributed by atoms with van der Waals surface area (Å²) >= 11 is 0. The van der Waals surface area contributed by atoms with Gasteiger partial charge in [-0.3, -0.25) is 0 Å². The number of hydrogen-bond donors (Lipinski definition) is 0. The van der Waals surface area contributed by atoms with E-state index in [1.807, 2.05) is 32.0 Å². The molecule has 1 atom stereocenters. The molecule has 0 saturated heterocycles. The SMILES string of the molecule is CCCOC[C@@H](C)OC(=O)c1ccccc1. The molecule has 0 bridgehead atoms. The normalized spacial score (nSPS) is 12.1. The maximum atomic E-state index is 11.6. The zero-order valence-corrected chi connectivity index (χ0v) is 9.81. The van der Waals surface area contributed by atoms with Crippen molar-refractivity contribution in [2.24, 2.45) is 0 Å². The number of hydrogen-bond acceptors (Lipinski definition) is 3. The van der Waals surface area contributed by atoms with E-state index in [-0.39, 0.29) is 12.1 Å². The maximum Gasteiger partial charge on any atom is 0.338 e. The van der Waals surface area contributed by atoms with Gasteiger partial charge in [0.1, 0.15) is 6.10 Å². The Morgan fingerprint density at radius 1 is 1.31 bits per heavy atom. The summed E-state index contributed by atoms with van der Waals surface area (Å²) in [6.45, 7) is 5.02. The van der Waals surface area contributed by atoms with Crippen LogP contribution in [0.4, 0.5) is 0 Å². The Hall–Kier alpha value is -1.35. The first-order chi connectivity index (χ1) is 7.74. The van der Waals surface area contributed by atoms with Gasteiger partial charge in [0.05, 0.1) is 12.2 Å². The summed E-state index contributed by atoms with van der Waals surface area (Å²) in [6, 6.07) is 8.97. The average Bonchev–Trinajstić information content (AvgIpc) is 2.30.